The van der Waals surface area contributed by atoms with Gasteiger partial charge in [-0.1, -0.05) is 12.1 Å². The van der Waals surface area contributed by atoms with E-state index in [0.717, 1.165) is 16.6 Å². The second-order valence-electron chi connectivity index (χ2n) is 9.72. The molecule has 2 aromatic carbocycles. The number of fused-ring (bicyclic) bond motifs is 1. The lowest BCUT2D eigenvalue weighted by atomic mass is 9.89. The first-order valence-electron chi connectivity index (χ1n) is 12.8. The van der Waals surface area contributed by atoms with E-state index in [0.29, 0.717) is 33.7 Å². The third-order valence-corrected chi connectivity index (χ3v) is 8.24. The van der Waals surface area contributed by atoms with Gasteiger partial charge in [0.2, 0.25) is 0 Å². The fourth-order valence-corrected chi connectivity index (χ4v) is 5.39. The van der Waals surface area contributed by atoms with Gasteiger partial charge in [0.05, 0.1) is 40.5 Å². The SMILES string of the molecule is CC(OCCS(C)(=O)=O)C1(c2cc3c(Nc4ccc(OCc5cccc(F)c5)c(Br)c4)ncnc3cn2)CC=CO1. The zero-order valence-corrected chi connectivity index (χ0v) is 24.8. The van der Waals surface area contributed by atoms with Gasteiger partial charge in [0.25, 0.3) is 0 Å². The largest absolute Gasteiger partial charge is 0.488 e. The molecule has 0 radical (unpaired) electrons. The van der Waals surface area contributed by atoms with E-state index in [1.165, 1.54) is 24.7 Å². The summed E-state index contributed by atoms with van der Waals surface area (Å²) in [6, 6.07) is 13.7. The topological polar surface area (TPSA) is 113 Å². The van der Waals surface area contributed by atoms with Gasteiger partial charge in [-0.2, -0.15) is 0 Å². The predicted molar refractivity (Wildman–Crippen MR) is 157 cm³/mol. The Labute approximate surface area is 245 Å². The maximum Gasteiger partial charge on any atom is 0.179 e. The highest BCUT2D eigenvalue weighted by Crippen LogP contribution is 2.40. The van der Waals surface area contributed by atoms with Crippen molar-refractivity contribution in [1.82, 2.24) is 15.0 Å². The Bertz CT molecular complexity index is 1690. The number of hydrogen-bond donors (Lipinski definition) is 1. The number of hydrogen-bond acceptors (Lipinski definition) is 9. The number of rotatable bonds is 11. The van der Waals surface area contributed by atoms with Crippen LogP contribution in [0.1, 0.15) is 24.6 Å². The molecule has 1 aliphatic rings. The van der Waals surface area contributed by atoms with E-state index >= 15 is 0 Å². The summed E-state index contributed by atoms with van der Waals surface area (Å²) >= 11 is 3.55. The van der Waals surface area contributed by atoms with Gasteiger partial charge < -0.3 is 19.5 Å². The van der Waals surface area contributed by atoms with Gasteiger partial charge >= 0.3 is 0 Å². The van der Waals surface area contributed by atoms with Crippen LogP contribution < -0.4 is 10.1 Å². The van der Waals surface area contributed by atoms with Crippen molar-refractivity contribution in [2.75, 3.05) is 23.9 Å². The van der Waals surface area contributed by atoms with E-state index in [1.807, 2.05) is 37.3 Å². The summed E-state index contributed by atoms with van der Waals surface area (Å²) in [5.74, 6) is 0.774. The van der Waals surface area contributed by atoms with Crippen LogP contribution in [0.15, 0.2) is 77.9 Å². The number of anilines is 2. The van der Waals surface area contributed by atoms with Crippen molar-refractivity contribution in [1.29, 1.82) is 0 Å². The molecule has 0 amide bonds. The molecule has 0 saturated heterocycles. The maximum atomic E-state index is 13.5. The zero-order chi connectivity index (χ0) is 29.0. The van der Waals surface area contributed by atoms with Gasteiger partial charge in [-0.15, -0.1) is 0 Å². The normalized spacial score (nSPS) is 17.4. The Morgan fingerprint density at radius 1 is 1.17 bits per heavy atom. The molecule has 2 unspecified atom stereocenters. The van der Waals surface area contributed by atoms with E-state index in [2.05, 4.69) is 36.2 Å². The molecule has 0 spiro atoms. The van der Waals surface area contributed by atoms with Crippen molar-refractivity contribution < 1.29 is 27.0 Å². The fourth-order valence-electron chi connectivity index (χ4n) is 4.50. The highest BCUT2D eigenvalue weighted by Gasteiger charge is 2.43. The molecule has 0 bridgehead atoms. The number of sulfone groups is 1. The van der Waals surface area contributed by atoms with Crippen LogP contribution in [0, 0.1) is 5.82 Å². The molecule has 0 aliphatic carbocycles. The molecule has 0 fully saturated rings. The summed E-state index contributed by atoms with van der Waals surface area (Å²) in [7, 11) is -3.16. The number of aromatic nitrogens is 3. The van der Waals surface area contributed by atoms with Gasteiger partial charge in [0, 0.05) is 23.8 Å². The third kappa shape index (κ3) is 6.83. The lowest BCUT2D eigenvalue weighted by Gasteiger charge is -2.34. The predicted octanol–water partition coefficient (Wildman–Crippen LogP) is 5.83. The number of nitrogens with one attached hydrogen (secondary N) is 1. The molecule has 41 heavy (non-hydrogen) atoms. The monoisotopic (exact) mass is 642 g/mol. The van der Waals surface area contributed by atoms with Gasteiger partial charge in [0.15, 0.2) is 5.60 Å². The summed E-state index contributed by atoms with van der Waals surface area (Å²) < 4.78 is 55.2. The van der Waals surface area contributed by atoms with Crippen molar-refractivity contribution in [3.8, 4) is 5.75 Å². The standard InChI is InChI=1S/C29H28BrFN4O5S/c1-19(38-11-12-41(2,36)37)29(9-4-10-40-29)27-15-23-25(16-32-27)33-18-34-28(23)35-22-7-8-26(24(30)14-22)39-17-20-5-3-6-21(31)13-20/h3-8,10,13-16,18-19H,9,11-12,17H2,1-2H3,(H,33,34,35). The number of benzene rings is 2. The van der Waals surface area contributed by atoms with Crippen LogP contribution in [0.4, 0.5) is 15.9 Å². The number of ether oxygens (including phenoxy) is 3. The highest BCUT2D eigenvalue weighted by atomic mass is 79.9. The molecule has 9 nitrogen and oxygen atoms in total. The first kappa shape index (κ1) is 28.9. The summed E-state index contributed by atoms with van der Waals surface area (Å²) in [5, 5.41) is 4.06. The van der Waals surface area contributed by atoms with Crippen LogP contribution in [-0.4, -0.2) is 48.1 Å². The minimum Gasteiger partial charge on any atom is -0.488 e. The zero-order valence-electron chi connectivity index (χ0n) is 22.4. The van der Waals surface area contributed by atoms with Crippen LogP contribution in [0.2, 0.25) is 0 Å². The van der Waals surface area contributed by atoms with Crippen molar-refractivity contribution in [3.05, 3.63) is 94.9 Å². The van der Waals surface area contributed by atoms with Crippen LogP contribution >= 0.6 is 15.9 Å². The van der Waals surface area contributed by atoms with Crippen LogP contribution in [-0.2, 0) is 31.5 Å². The quantitative estimate of drug-likeness (QED) is 0.216. The van der Waals surface area contributed by atoms with E-state index in [4.69, 9.17) is 14.2 Å². The first-order chi connectivity index (χ1) is 19.6. The molecular weight excluding hydrogens is 615 g/mol. The summed E-state index contributed by atoms with van der Waals surface area (Å²) in [5.41, 5.74) is 1.79. The average Bonchev–Trinajstić information content (AvgIpc) is 3.43. The molecule has 2 atom stereocenters. The van der Waals surface area contributed by atoms with Gasteiger partial charge in [-0.25, -0.2) is 22.8 Å². The van der Waals surface area contributed by atoms with Crippen molar-refractivity contribution in [2.24, 2.45) is 0 Å². The second-order valence-corrected chi connectivity index (χ2v) is 12.8. The highest BCUT2D eigenvalue weighted by molar-refractivity contribution is 9.10. The molecule has 12 heteroatoms. The molecule has 0 saturated carbocycles. The van der Waals surface area contributed by atoms with Crippen molar-refractivity contribution >= 4 is 48.2 Å². The number of halogens is 2. The van der Waals surface area contributed by atoms with Crippen LogP contribution in [0.25, 0.3) is 10.9 Å². The first-order valence-corrected chi connectivity index (χ1v) is 15.7. The minimum absolute atomic E-state index is 0.0471. The molecule has 5 rings (SSSR count). The fraction of sp³-hybridized carbons (Fsp3) is 0.276. The Morgan fingerprint density at radius 2 is 2.02 bits per heavy atom. The summed E-state index contributed by atoms with van der Waals surface area (Å²) in [6.45, 7) is 2.12. The van der Waals surface area contributed by atoms with Crippen molar-refractivity contribution in [2.45, 2.75) is 31.7 Å². The molecule has 3 heterocycles. The molecular formula is C29H28BrFN4O5S. The van der Waals surface area contributed by atoms with E-state index in [9.17, 15) is 12.8 Å². The smallest absolute Gasteiger partial charge is 0.179 e. The Hall–Kier alpha value is -3.61. The Kier molecular flexibility index (Phi) is 8.52. The lowest BCUT2D eigenvalue weighted by molar-refractivity contribution is -0.0987. The second kappa shape index (κ2) is 12.1. The van der Waals surface area contributed by atoms with Gasteiger partial charge in [-0.05, 0) is 70.9 Å². The van der Waals surface area contributed by atoms with E-state index < -0.39 is 21.5 Å². The third-order valence-electron chi connectivity index (χ3n) is 6.71. The average molecular weight is 644 g/mol. The molecule has 1 aliphatic heterocycles. The van der Waals surface area contributed by atoms with E-state index in [-0.39, 0.29) is 24.8 Å². The molecule has 4 aromatic rings. The Balaban J connectivity index is 1.37. The molecule has 2 aromatic heterocycles. The maximum absolute atomic E-state index is 13.5. The summed E-state index contributed by atoms with van der Waals surface area (Å²) in [6.07, 6.45) is 7.81. The molecule has 1 N–H and O–H groups in total. The lowest BCUT2D eigenvalue weighted by Crippen LogP contribution is -2.40. The number of nitrogens with zero attached hydrogens (tertiary/aromatic N) is 3. The minimum atomic E-state index is -3.16. The Morgan fingerprint density at radius 3 is 2.76 bits per heavy atom. The van der Waals surface area contributed by atoms with Crippen molar-refractivity contribution in [3.63, 3.8) is 0 Å². The van der Waals surface area contributed by atoms with Gasteiger partial charge in [-0.3, -0.25) is 4.98 Å². The van der Waals surface area contributed by atoms with E-state index in [1.54, 1.807) is 24.6 Å². The van der Waals surface area contributed by atoms with Gasteiger partial charge in [0.1, 0.15) is 46.3 Å². The van der Waals surface area contributed by atoms with Crippen LogP contribution in [0.5, 0.6) is 5.75 Å². The van der Waals surface area contributed by atoms with Crippen LogP contribution in [0.3, 0.4) is 0 Å². The molecule has 214 valence electrons. The number of pyridine rings is 1. The summed E-state index contributed by atoms with van der Waals surface area (Å²) in [4.78, 5) is 13.5.